The molecule has 0 bridgehead atoms. The van der Waals surface area contributed by atoms with Gasteiger partial charge in [-0.3, -0.25) is 0 Å². The van der Waals surface area contributed by atoms with Gasteiger partial charge in [-0.1, -0.05) is 13.8 Å². The van der Waals surface area contributed by atoms with Crippen molar-refractivity contribution in [1.82, 2.24) is 23.9 Å². The summed E-state index contributed by atoms with van der Waals surface area (Å²) >= 11 is 0. The van der Waals surface area contributed by atoms with Crippen molar-refractivity contribution < 1.29 is 26.0 Å². The first-order valence-electron chi connectivity index (χ1n) is 8.48. The molecule has 0 saturated carbocycles. The molecule has 0 spiro atoms. The average Bonchev–Trinajstić information content (AvgIpc) is 2.93. The number of nitrogens with zero attached hydrogens (tertiary/aromatic N) is 5. The molecule has 0 amide bonds. The first-order valence-corrected chi connectivity index (χ1v) is 10.3. The molecular weight excluding hydrogens is 404 g/mol. The van der Waals surface area contributed by atoms with Gasteiger partial charge < -0.3 is 5.73 Å². The van der Waals surface area contributed by atoms with E-state index >= 15 is 0 Å². The molecule has 1 atom stereocenters. The van der Waals surface area contributed by atoms with Crippen LogP contribution in [0.25, 0.3) is 5.52 Å². The summed E-state index contributed by atoms with van der Waals surface area (Å²) in [6.07, 6.45) is -2.23. The fourth-order valence-electron chi connectivity index (χ4n) is 2.70. The summed E-state index contributed by atoms with van der Waals surface area (Å²) in [5.74, 6) is -0.0835. The first-order chi connectivity index (χ1) is 12.8. The second-order valence-corrected chi connectivity index (χ2v) is 8.73. The maximum Gasteiger partial charge on any atom is 0.435 e. The van der Waals surface area contributed by atoms with Gasteiger partial charge in [-0.05, 0) is 12.8 Å². The molecule has 1 aliphatic heterocycles. The number of hydrogen-bond acceptors (Lipinski definition) is 6. The molecular formula is C15H22F4N6O2S. The number of sulfonamides is 1. The topological polar surface area (TPSA) is 106 Å². The molecule has 1 fully saturated rings. The van der Waals surface area contributed by atoms with Gasteiger partial charge in [-0.2, -0.15) is 17.5 Å². The molecule has 28 heavy (non-hydrogen) atoms. The summed E-state index contributed by atoms with van der Waals surface area (Å²) in [4.78, 5) is 7.14. The fourth-order valence-corrected chi connectivity index (χ4v) is 3.59. The summed E-state index contributed by atoms with van der Waals surface area (Å²) in [6.45, 7) is 3.97. The lowest BCUT2D eigenvalue weighted by Crippen LogP contribution is -2.39. The Morgan fingerprint density at radius 3 is 2.43 bits per heavy atom. The van der Waals surface area contributed by atoms with Crippen LogP contribution in [0.15, 0.2) is 6.20 Å². The van der Waals surface area contributed by atoms with E-state index in [9.17, 15) is 26.0 Å². The van der Waals surface area contributed by atoms with Crippen molar-refractivity contribution in [3.8, 4) is 0 Å². The van der Waals surface area contributed by atoms with Gasteiger partial charge in [0, 0.05) is 19.0 Å². The van der Waals surface area contributed by atoms with Crippen molar-refractivity contribution in [2.75, 3.05) is 25.1 Å². The van der Waals surface area contributed by atoms with Crippen molar-refractivity contribution in [3.63, 3.8) is 0 Å². The molecule has 1 unspecified atom stereocenters. The van der Waals surface area contributed by atoms with Gasteiger partial charge in [0.25, 0.3) is 0 Å². The fraction of sp³-hybridized carbons (Fsp3) is 0.667. The zero-order valence-electron chi connectivity index (χ0n) is 15.6. The third-order valence-corrected chi connectivity index (χ3v) is 5.29. The van der Waals surface area contributed by atoms with Crippen LogP contribution in [0.4, 0.5) is 23.5 Å². The van der Waals surface area contributed by atoms with Crippen LogP contribution in [0.3, 0.4) is 0 Å². The van der Waals surface area contributed by atoms with Crippen molar-refractivity contribution in [2.45, 2.75) is 45.0 Å². The van der Waals surface area contributed by atoms with E-state index in [0.717, 1.165) is 17.0 Å². The Kier molecular flexibility index (Phi) is 6.48. The number of nitrogens with two attached hydrogens (primary N) is 1. The van der Waals surface area contributed by atoms with Gasteiger partial charge in [-0.15, -0.1) is 5.10 Å². The Morgan fingerprint density at radius 1 is 1.32 bits per heavy atom. The lowest BCUT2D eigenvalue weighted by atomic mass is 10.1. The number of nitrogen functional groups attached to an aromatic ring is 1. The Bertz CT molecular complexity index is 928. The van der Waals surface area contributed by atoms with Gasteiger partial charge >= 0.3 is 6.18 Å². The van der Waals surface area contributed by atoms with Crippen LogP contribution in [0, 0.1) is 0 Å². The summed E-state index contributed by atoms with van der Waals surface area (Å²) in [5.41, 5.74) is 4.19. The molecule has 8 nitrogen and oxygen atoms in total. The normalized spacial score (nSPS) is 18.9. The standard InChI is InChI=1S/C9H10F3N5.C6H12FNO2S/c1-4(2)7-15-6(9(10,11)12)5-3-14-8(13)16-17(5)7;1-11(9,10)8-4-2-3-6(7)5-8/h3-4H,1-2H3,(H2,13,16);6H,2-5H2,1H3. The Hall–Kier alpha value is -2.02. The molecule has 0 aliphatic carbocycles. The maximum absolute atomic E-state index is 12.7. The van der Waals surface area contributed by atoms with E-state index in [1.165, 1.54) is 4.31 Å². The second-order valence-electron chi connectivity index (χ2n) is 6.75. The molecule has 3 rings (SSSR count). The monoisotopic (exact) mass is 426 g/mol. The molecule has 13 heteroatoms. The maximum atomic E-state index is 12.7. The molecule has 0 radical (unpaired) electrons. The minimum atomic E-state index is -4.53. The Balaban J connectivity index is 0.000000221. The highest BCUT2D eigenvalue weighted by Crippen LogP contribution is 2.33. The van der Waals surface area contributed by atoms with E-state index in [4.69, 9.17) is 5.73 Å². The Labute approximate surface area is 159 Å². The zero-order chi connectivity index (χ0) is 21.3. The number of aromatic nitrogens is 4. The quantitative estimate of drug-likeness (QED) is 0.738. The van der Waals surface area contributed by atoms with Gasteiger partial charge in [0.15, 0.2) is 5.69 Å². The highest BCUT2D eigenvalue weighted by molar-refractivity contribution is 7.88. The summed E-state index contributed by atoms with van der Waals surface area (Å²) in [5, 5.41) is 3.75. The number of alkyl halides is 4. The number of piperidine rings is 1. The highest BCUT2D eigenvalue weighted by atomic mass is 32.2. The van der Waals surface area contributed by atoms with E-state index in [-0.39, 0.29) is 29.8 Å². The van der Waals surface area contributed by atoms with Crippen molar-refractivity contribution in [2.24, 2.45) is 0 Å². The van der Waals surface area contributed by atoms with Crippen LogP contribution in [0.2, 0.25) is 0 Å². The SMILES string of the molecule is CC(C)c1nc(C(F)(F)F)c2cnc(N)nn12.CS(=O)(=O)N1CCCC(F)C1. The minimum Gasteiger partial charge on any atom is -0.367 e. The van der Waals surface area contributed by atoms with Crippen molar-refractivity contribution >= 4 is 21.5 Å². The largest absolute Gasteiger partial charge is 0.435 e. The minimum absolute atomic E-state index is 0.0405. The number of anilines is 1. The lowest BCUT2D eigenvalue weighted by Gasteiger charge is -2.26. The van der Waals surface area contributed by atoms with E-state index in [0.29, 0.717) is 19.4 Å². The van der Waals surface area contributed by atoms with Gasteiger partial charge in [0.2, 0.25) is 16.0 Å². The van der Waals surface area contributed by atoms with Crippen LogP contribution in [0.5, 0.6) is 0 Å². The van der Waals surface area contributed by atoms with Gasteiger partial charge in [-0.25, -0.2) is 27.3 Å². The number of rotatable bonds is 2. The van der Waals surface area contributed by atoms with Crippen LogP contribution < -0.4 is 5.73 Å². The third kappa shape index (κ3) is 5.28. The summed E-state index contributed by atoms with van der Waals surface area (Å²) in [7, 11) is -3.17. The van der Waals surface area contributed by atoms with Crippen LogP contribution >= 0.6 is 0 Å². The summed E-state index contributed by atoms with van der Waals surface area (Å²) in [6, 6.07) is 0. The van der Waals surface area contributed by atoms with E-state index in [2.05, 4.69) is 15.1 Å². The molecule has 0 aromatic carbocycles. The number of imidazole rings is 1. The molecule has 2 aromatic rings. The third-order valence-electron chi connectivity index (χ3n) is 4.02. The van der Waals surface area contributed by atoms with Crippen LogP contribution in [-0.4, -0.2) is 57.8 Å². The number of fused-ring (bicyclic) bond motifs is 1. The Morgan fingerprint density at radius 2 is 1.96 bits per heavy atom. The van der Waals surface area contributed by atoms with E-state index in [1.807, 2.05) is 0 Å². The van der Waals surface area contributed by atoms with Crippen LogP contribution in [0.1, 0.15) is 44.1 Å². The van der Waals surface area contributed by atoms with E-state index in [1.54, 1.807) is 13.8 Å². The number of halogens is 4. The molecule has 3 heterocycles. The van der Waals surface area contributed by atoms with Gasteiger partial charge in [0.05, 0.1) is 12.5 Å². The predicted molar refractivity (Wildman–Crippen MR) is 94.8 cm³/mol. The molecule has 1 aliphatic rings. The highest BCUT2D eigenvalue weighted by Gasteiger charge is 2.37. The summed E-state index contributed by atoms with van der Waals surface area (Å²) < 4.78 is 74.9. The lowest BCUT2D eigenvalue weighted by molar-refractivity contribution is -0.139. The first kappa shape index (κ1) is 22.3. The molecule has 158 valence electrons. The predicted octanol–water partition coefficient (Wildman–Crippen LogP) is 2.23. The van der Waals surface area contributed by atoms with Gasteiger partial charge in [0.1, 0.15) is 17.5 Å². The second kappa shape index (κ2) is 8.15. The van der Waals surface area contributed by atoms with E-state index < -0.39 is 28.1 Å². The average molecular weight is 426 g/mol. The van der Waals surface area contributed by atoms with Crippen molar-refractivity contribution in [3.05, 3.63) is 17.7 Å². The molecule has 1 saturated heterocycles. The molecule has 2 N–H and O–H groups in total. The van der Waals surface area contributed by atoms with Crippen LogP contribution in [-0.2, 0) is 16.2 Å². The molecule has 2 aromatic heterocycles. The van der Waals surface area contributed by atoms with Crippen molar-refractivity contribution in [1.29, 1.82) is 0 Å². The number of hydrogen-bond donors (Lipinski definition) is 1. The smallest absolute Gasteiger partial charge is 0.367 e. The zero-order valence-corrected chi connectivity index (χ0v) is 16.4.